The number of piperidine rings is 1. The quantitative estimate of drug-likeness (QED) is 0.833. The average Bonchev–Trinajstić information content (AvgIpc) is 2.77. The van der Waals surface area contributed by atoms with Gasteiger partial charge in [-0.3, -0.25) is 4.79 Å². The number of rotatable bonds is 5. The van der Waals surface area contributed by atoms with E-state index in [1.165, 1.54) is 31.2 Å². The van der Waals surface area contributed by atoms with Gasteiger partial charge in [-0.2, -0.15) is 0 Å². The largest absolute Gasteiger partial charge is 0.343 e. The van der Waals surface area contributed by atoms with Crippen LogP contribution < -0.4 is 5.32 Å². The van der Waals surface area contributed by atoms with Gasteiger partial charge in [0.05, 0.1) is 0 Å². The van der Waals surface area contributed by atoms with Crippen molar-refractivity contribution in [2.45, 2.75) is 63.8 Å². The van der Waals surface area contributed by atoms with Gasteiger partial charge in [0, 0.05) is 39.1 Å². The SMILES string of the molecule is CCC(=O)N1CCC(N(C)C(=O)NCC2CCC(c3ccccc3)CC2)CC1. The second-order valence-corrected chi connectivity index (χ2v) is 8.39. The molecule has 3 amide bonds. The van der Waals surface area contributed by atoms with Crippen LogP contribution in [0.2, 0.25) is 0 Å². The number of benzene rings is 1. The summed E-state index contributed by atoms with van der Waals surface area (Å²) in [6.45, 7) is 4.20. The maximum absolute atomic E-state index is 12.6. The molecule has 154 valence electrons. The zero-order valence-corrected chi connectivity index (χ0v) is 17.4. The highest BCUT2D eigenvalue weighted by atomic mass is 16.2. The van der Waals surface area contributed by atoms with Gasteiger partial charge in [-0.1, -0.05) is 37.3 Å². The molecule has 3 rings (SSSR count). The summed E-state index contributed by atoms with van der Waals surface area (Å²) in [6.07, 6.45) is 7.10. The van der Waals surface area contributed by atoms with E-state index in [4.69, 9.17) is 0 Å². The van der Waals surface area contributed by atoms with Crippen LogP contribution in [0.3, 0.4) is 0 Å². The zero-order chi connectivity index (χ0) is 19.9. The molecule has 1 aromatic rings. The van der Waals surface area contributed by atoms with Crippen molar-refractivity contribution in [1.82, 2.24) is 15.1 Å². The maximum Gasteiger partial charge on any atom is 0.317 e. The minimum Gasteiger partial charge on any atom is -0.343 e. The van der Waals surface area contributed by atoms with Crippen LogP contribution in [0.5, 0.6) is 0 Å². The minimum atomic E-state index is 0.0328. The van der Waals surface area contributed by atoms with Crippen molar-refractivity contribution < 1.29 is 9.59 Å². The van der Waals surface area contributed by atoms with Gasteiger partial charge in [-0.15, -0.1) is 0 Å². The molecule has 0 aromatic heterocycles. The van der Waals surface area contributed by atoms with Crippen LogP contribution in [0.25, 0.3) is 0 Å². The fourth-order valence-corrected chi connectivity index (χ4v) is 4.67. The van der Waals surface area contributed by atoms with Crippen LogP contribution in [-0.2, 0) is 4.79 Å². The Kier molecular flexibility index (Phi) is 7.35. The summed E-state index contributed by atoms with van der Waals surface area (Å²) in [5, 5.41) is 3.16. The van der Waals surface area contributed by atoms with Crippen LogP contribution in [0.15, 0.2) is 30.3 Å². The smallest absolute Gasteiger partial charge is 0.317 e. The lowest BCUT2D eigenvalue weighted by atomic mass is 9.79. The Hall–Kier alpha value is -2.04. The van der Waals surface area contributed by atoms with E-state index in [1.54, 1.807) is 0 Å². The van der Waals surface area contributed by atoms with Crippen LogP contribution in [0.1, 0.15) is 63.4 Å². The van der Waals surface area contributed by atoms with Gasteiger partial charge in [0.1, 0.15) is 0 Å². The highest BCUT2D eigenvalue weighted by Gasteiger charge is 2.28. The van der Waals surface area contributed by atoms with Crippen molar-refractivity contribution in [2.24, 2.45) is 5.92 Å². The fraction of sp³-hybridized carbons (Fsp3) is 0.652. The normalized spacial score (nSPS) is 23.3. The molecule has 5 heteroatoms. The molecule has 1 saturated carbocycles. The van der Waals surface area contributed by atoms with E-state index in [9.17, 15) is 9.59 Å². The van der Waals surface area contributed by atoms with Gasteiger partial charge in [-0.25, -0.2) is 4.79 Å². The molecule has 5 nitrogen and oxygen atoms in total. The van der Waals surface area contributed by atoms with E-state index in [0.717, 1.165) is 32.5 Å². The summed E-state index contributed by atoms with van der Waals surface area (Å²) >= 11 is 0. The highest BCUT2D eigenvalue weighted by Crippen LogP contribution is 2.35. The molecule has 0 atom stereocenters. The van der Waals surface area contributed by atoms with E-state index in [1.807, 2.05) is 23.8 Å². The molecule has 1 aliphatic carbocycles. The second-order valence-electron chi connectivity index (χ2n) is 8.39. The molecule has 0 unspecified atom stereocenters. The van der Waals surface area contributed by atoms with Gasteiger partial charge in [-0.05, 0) is 55.9 Å². The third-order valence-electron chi connectivity index (χ3n) is 6.65. The van der Waals surface area contributed by atoms with Crippen LogP contribution in [-0.4, -0.2) is 54.5 Å². The molecule has 1 aliphatic heterocycles. The number of hydrogen-bond acceptors (Lipinski definition) is 2. The average molecular weight is 386 g/mol. The van der Waals surface area contributed by atoms with E-state index in [-0.39, 0.29) is 18.0 Å². The minimum absolute atomic E-state index is 0.0328. The number of carbonyl (C=O) groups is 2. The number of nitrogens with zero attached hydrogens (tertiary/aromatic N) is 2. The lowest BCUT2D eigenvalue weighted by Crippen LogP contribution is -2.50. The summed E-state index contributed by atoms with van der Waals surface area (Å²) in [5.41, 5.74) is 1.46. The molecule has 0 radical (unpaired) electrons. The van der Waals surface area contributed by atoms with E-state index < -0.39 is 0 Å². The summed E-state index contributed by atoms with van der Waals surface area (Å²) < 4.78 is 0. The first-order chi connectivity index (χ1) is 13.6. The van der Waals surface area contributed by atoms with Crippen molar-refractivity contribution in [3.8, 4) is 0 Å². The molecule has 0 bridgehead atoms. The molecule has 2 aliphatic rings. The van der Waals surface area contributed by atoms with E-state index in [2.05, 4.69) is 35.6 Å². The molecular weight excluding hydrogens is 350 g/mol. The van der Waals surface area contributed by atoms with Crippen molar-refractivity contribution in [3.05, 3.63) is 35.9 Å². The second kappa shape index (κ2) is 9.94. The predicted octanol–water partition coefficient (Wildman–Crippen LogP) is 4.00. The standard InChI is InChI=1S/C23H35N3O2/c1-3-22(27)26-15-13-21(14-16-26)25(2)23(28)24-17-18-9-11-20(12-10-18)19-7-5-4-6-8-19/h4-8,18,20-21H,3,9-17H2,1-2H3,(H,24,28). The summed E-state index contributed by atoms with van der Waals surface area (Å²) in [6, 6.07) is 11.1. The number of carbonyl (C=O) groups excluding carboxylic acids is 2. The Morgan fingerprint density at radius 3 is 2.29 bits per heavy atom. The summed E-state index contributed by atoms with van der Waals surface area (Å²) in [5.74, 6) is 1.48. The Labute approximate surface area is 169 Å². The van der Waals surface area contributed by atoms with Gasteiger partial charge in [0.25, 0.3) is 0 Å². The molecule has 1 heterocycles. The van der Waals surface area contributed by atoms with Gasteiger partial charge in [0.15, 0.2) is 0 Å². The number of urea groups is 1. The van der Waals surface area contributed by atoms with Crippen LogP contribution in [0, 0.1) is 5.92 Å². The van der Waals surface area contributed by atoms with Crippen molar-refractivity contribution in [1.29, 1.82) is 0 Å². The Bertz CT molecular complexity index is 633. The van der Waals surface area contributed by atoms with Crippen molar-refractivity contribution >= 4 is 11.9 Å². The van der Waals surface area contributed by atoms with E-state index in [0.29, 0.717) is 18.3 Å². The lowest BCUT2D eigenvalue weighted by Gasteiger charge is -2.37. The highest BCUT2D eigenvalue weighted by molar-refractivity contribution is 5.76. The van der Waals surface area contributed by atoms with E-state index >= 15 is 0 Å². The molecule has 28 heavy (non-hydrogen) atoms. The third-order valence-corrected chi connectivity index (χ3v) is 6.65. The Balaban J connectivity index is 1.37. The number of nitrogens with one attached hydrogen (secondary N) is 1. The monoisotopic (exact) mass is 385 g/mol. The van der Waals surface area contributed by atoms with Crippen molar-refractivity contribution in [2.75, 3.05) is 26.7 Å². The molecule has 1 N–H and O–H groups in total. The molecule has 2 fully saturated rings. The maximum atomic E-state index is 12.6. The Morgan fingerprint density at radius 1 is 1.04 bits per heavy atom. The number of likely N-dealkylation sites (tertiary alicyclic amines) is 1. The van der Waals surface area contributed by atoms with Crippen LogP contribution in [0.4, 0.5) is 4.79 Å². The Morgan fingerprint density at radius 2 is 1.68 bits per heavy atom. The fourth-order valence-electron chi connectivity index (χ4n) is 4.67. The first-order valence-corrected chi connectivity index (χ1v) is 10.9. The van der Waals surface area contributed by atoms with Gasteiger partial charge in [0.2, 0.25) is 5.91 Å². The van der Waals surface area contributed by atoms with Gasteiger partial charge >= 0.3 is 6.03 Å². The molecule has 1 aromatic carbocycles. The third kappa shape index (κ3) is 5.27. The predicted molar refractivity (Wildman–Crippen MR) is 112 cm³/mol. The first kappa shape index (κ1) is 20.7. The van der Waals surface area contributed by atoms with Crippen molar-refractivity contribution in [3.63, 3.8) is 0 Å². The first-order valence-electron chi connectivity index (χ1n) is 10.9. The number of hydrogen-bond donors (Lipinski definition) is 1. The molecular formula is C23H35N3O2. The number of amides is 3. The topological polar surface area (TPSA) is 52.7 Å². The summed E-state index contributed by atoms with van der Waals surface area (Å²) in [4.78, 5) is 28.2. The molecule has 0 spiro atoms. The lowest BCUT2D eigenvalue weighted by molar-refractivity contribution is -0.132. The summed E-state index contributed by atoms with van der Waals surface area (Å²) in [7, 11) is 1.89. The van der Waals surface area contributed by atoms with Crippen LogP contribution >= 0.6 is 0 Å². The zero-order valence-electron chi connectivity index (χ0n) is 17.4. The van der Waals surface area contributed by atoms with Gasteiger partial charge < -0.3 is 15.1 Å². The molecule has 1 saturated heterocycles.